The normalized spacial score (nSPS) is 12.9. The van der Waals surface area contributed by atoms with E-state index in [-0.39, 0.29) is 6.79 Å². The van der Waals surface area contributed by atoms with Crippen molar-refractivity contribution in [2.45, 2.75) is 32.7 Å². The molecule has 34 heavy (non-hydrogen) atoms. The summed E-state index contributed by atoms with van der Waals surface area (Å²) in [5.74, 6) is 1.34. The summed E-state index contributed by atoms with van der Waals surface area (Å²) in [7, 11) is 0. The number of fused-ring (bicyclic) bond motifs is 1. The van der Waals surface area contributed by atoms with Gasteiger partial charge in [-0.25, -0.2) is 4.98 Å². The van der Waals surface area contributed by atoms with Gasteiger partial charge in [0, 0.05) is 18.5 Å². The van der Waals surface area contributed by atoms with Crippen LogP contribution in [0.4, 0.5) is 13.2 Å². The van der Waals surface area contributed by atoms with Crippen LogP contribution in [-0.4, -0.2) is 23.3 Å². The van der Waals surface area contributed by atoms with Crippen molar-refractivity contribution >= 4 is 17.0 Å². The second-order valence-corrected chi connectivity index (χ2v) is 8.61. The molecule has 6 nitrogen and oxygen atoms in total. The molecule has 1 aromatic heterocycles. The van der Waals surface area contributed by atoms with Crippen molar-refractivity contribution in [2.24, 2.45) is 0 Å². The summed E-state index contributed by atoms with van der Waals surface area (Å²) in [4.78, 5) is 11.8. The average molecular weight is 492 g/mol. The third-order valence-electron chi connectivity index (χ3n) is 5.06. The van der Waals surface area contributed by atoms with E-state index in [1.807, 2.05) is 35.4 Å². The highest BCUT2D eigenvalue weighted by molar-refractivity contribution is 7.09. The minimum atomic E-state index is -4.39. The molecule has 1 aliphatic heterocycles. The lowest BCUT2D eigenvalue weighted by Gasteiger charge is -2.22. The molecule has 0 saturated heterocycles. The number of aromatic nitrogens is 1. The molecule has 0 fully saturated rings. The fourth-order valence-electron chi connectivity index (χ4n) is 3.49. The fraction of sp³-hybridized carbons (Fsp3) is 0.292. The minimum absolute atomic E-state index is 0.175. The highest BCUT2D eigenvalue weighted by Gasteiger charge is 2.30. The molecule has 1 aliphatic rings. The van der Waals surface area contributed by atoms with Gasteiger partial charge < -0.3 is 9.47 Å². The Labute approximate surface area is 199 Å². The van der Waals surface area contributed by atoms with E-state index >= 15 is 0 Å². The first kappa shape index (κ1) is 24.1. The molecule has 0 atom stereocenters. The Kier molecular flexibility index (Phi) is 7.40. The van der Waals surface area contributed by atoms with E-state index in [9.17, 15) is 13.2 Å². The van der Waals surface area contributed by atoms with E-state index in [1.54, 1.807) is 6.07 Å². The zero-order valence-corrected chi connectivity index (χ0v) is 19.3. The molecule has 0 bridgehead atoms. The van der Waals surface area contributed by atoms with E-state index in [0.29, 0.717) is 54.7 Å². The SMILES string of the molecule is C=C(NOCC)c1csc(CN(Cc2cccc(C(F)(F)F)c2)Cc2ccc3c(c2)OCO3)n1. The summed E-state index contributed by atoms with van der Waals surface area (Å²) < 4.78 is 50.5. The number of nitrogens with zero attached hydrogens (tertiary/aromatic N) is 2. The number of benzene rings is 2. The summed E-state index contributed by atoms with van der Waals surface area (Å²) >= 11 is 1.45. The number of hydrogen-bond acceptors (Lipinski definition) is 7. The quantitative estimate of drug-likeness (QED) is 0.373. The van der Waals surface area contributed by atoms with Crippen molar-refractivity contribution in [1.29, 1.82) is 0 Å². The van der Waals surface area contributed by atoms with Crippen LogP contribution in [0.3, 0.4) is 0 Å². The van der Waals surface area contributed by atoms with Gasteiger partial charge in [0.1, 0.15) is 5.01 Å². The van der Waals surface area contributed by atoms with Gasteiger partial charge in [0.15, 0.2) is 11.5 Å². The molecule has 2 heterocycles. The van der Waals surface area contributed by atoms with Crippen molar-refractivity contribution in [3.8, 4) is 11.5 Å². The van der Waals surface area contributed by atoms with Crippen molar-refractivity contribution in [3.63, 3.8) is 0 Å². The molecular formula is C24H24F3N3O3S. The van der Waals surface area contributed by atoms with Crippen LogP contribution in [0.2, 0.25) is 0 Å². The largest absolute Gasteiger partial charge is 0.454 e. The van der Waals surface area contributed by atoms with Crippen molar-refractivity contribution in [1.82, 2.24) is 15.4 Å². The van der Waals surface area contributed by atoms with E-state index in [2.05, 4.69) is 17.0 Å². The molecule has 1 N–H and O–H groups in total. The molecule has 0 aliphatic carbocycles. The zero-order chi connectivity index (χ0) is 24.1. The van der Waals surface area contributed by atoms with Gasteiger partial charge in [-0.1, -0.05) is 30.8 Å². The number of thiazole rings is 1. The summed E-state index contributed by atoms with van der Waals surface area (Å²) in [6.07, 6.45) is -4.39. The third-order valence-corrected chi connectivity index (χ3v) is 5.90. The number of alkyl halides is 3. The lowest BCUT2D eigenvalue weighted by atomic mass is 10.1. The van der Waals surface area contributed by atoms with Gasteiger partial charge in [0.25, 0.3) is 0 Å². The van der Waals surface area contributed by atoms with Crippen LogP contribution in [0.1, 0.15) is 34.3 Å². The molecule has 180 valence electrons. The third kappa shape index (κ3) is 6.07. The van der Waals surface area contributed by atoms with Gasteiger partial charge in [-0.15, -0.1) is 11.3 Å². The van der Waals surface area contributed by atoms with Crippen molar-refractivity contribution < 1.29 is 27.5 Å². The molecule has 0 spiro atoms. The van der Waals surface area contributed by atoms with Crippen LogP contribution in [0.15, 0.2) is 54.4 Å². The molecular weight excluding hydrogens is 467 g/mol. The highest BCUT2D eigenvalue weighted by atomic mass is 32.1. The number of halogens is 3. The van der Waals surface area contributed by atoms with Crippen LogP contribution in [-0.2, 0) is 30.6 Å². The predicted molar refractivity (Wildman–Crippen MR) is 123 cm³/mol. The second-order valence-electron chi connectivity index (χ2n) is 7.67. The van der Waals surface area contributed by atoms with Gasteiger partial charge in [-0.2, -0.15) is 13.2 Å². The van der Waals surface area contributed by atoms with Gasteiger partial charge in [-0.3, -0.25) is 15.2 Å². The Bertz CT molecular complexity index is 1150. The Balaban J connectivity index is 1.54. The van der Waals surface area contributed by atoms with Crippen LogP contribution < -0.4 is 15.0 Å². The van der Waals surface area contributed by atoms with Crippen molar-refractivity contribution in [3.05, 3.63) is 81.8 Å². The average Bonchev–Trinajstić information content (AvgIpc) is 3.46. The maximum Gasteiger partial charge on any atom is 0.416 e. The number of hydrogen-bond donors (Lipinski definition) is 1. The van der Waals surface area contributed by atoms with Crippen molar-refractivity contribution in [2.75, 3.05) is 13.4 Å². The summed E-state index contributed by atoms with van der Waals surface area (Å²) in [5, 5.41) is 2.68. The molecule has 3 aromatic rings. The fourth-order valence-corrected chi connectivity index (χ4v) is 4.35. The summed E-state index contributed by atoms with van der Waals surface area (Å²) in [6.45, 7) is 7.67. The first-order valence-electron chi connectivity index (χ1n) is 10.6. The lowest BCUT2D eigenvalue weighted by Crippen LogP contribution is -2.23. The first-order chi connectivity index (χ1) is 16.3. The molecule has 0 radical (unpaired) electrons. The topological polar surface area (TPSA) is 55.9 Å². The molecule has 10 heteroatoms. The van der Waals surface area contributed by atoms with Gasteiger partial charge >= 0.3 is 6.18 Å². The molecule has 4 rings (SSSR count). The molecule has 0 saturated carbocycles. The number of rotatable bonds is 10. The standard InChI is InChI=1S/C24H24F3N3O3S/c1-3-33-29-16(2)20-14-34-23(28-20)13-30(11-17-5-4-6-19(9-17)24(25,26)27)12-18-7-8-21-22(10-18)32-15-31-21/h4-10,14,29H,2-3,11-13,15H2,1H3. The second kappa shape index (κ2) is 10.5. The van der Waals surface area contributed by atoms with Gasteiger partial charge in [0.05, 0.1) is 30.1 Å². The predicted octanol–water partition coefficient (Wildman–Crippen LogP) is 5.60. The van der Waals surface area contributed by atoms with E-state index in [0.717, 1.165) is 16.6 Å². The van der Waals surface area contributed by atoms with Gasteiger partial charge in [0.2, 0.25) is 6.79 Å². The number of hydroxylamine groups is 1. The molecule has 0 amide bonds. The molecule has 0 unspecified atom stereocenters. The smallest absolute Gasteiger partial charge is 0.416 e. The Morgan fingerprint density at radius 1 is 1.12 bits per heavy atom. The Morgan fingerprint density at radius 3 is 2.65 bits per heavy atom. The monoisotopic (exact) mass is 491 g/mol. The Hall–Kier alpha value is -3.08. The summed E-state index contributed by atoms with van der Waals surface area (Å²) in [6, 6.07) is 11.1. The molecule has 2 aromatic carbocycles. The maximum atomic E-state index is 13.2. The van der Waals surface area contributed by atoms with Crippen LogP contribution >= 0.6 is 11.3 Å². The van der Waals surface area contributed by atoms with Crippen LogP contribution in [0.25, 0.3) is 5.70 Å². The number of ether oxygens (including phenoxy) is 2. The van der Waals surface area contributed by atoms with E-state index in [1.165, 1.54) is 23.5 Å². The lowest BCUT2D eigenvalue weighted by molar-refractivity contribution is -0.137. The van der Waals surface area contributed by atoms with E-state index < -0.39 is 11.7 Å². The van der Waals surface area contributed by atoms with Crippen LogP contribution in [0.5, 0.6) is 11.5 Å². The highest BCUT2D eigenvalue weighted by Crippen LogP contribution is 2.33. The van der Waals surface area contributed by atoms with Gasteiger partial charge in [-0.05, 0) is 36.2 Å². The number of nitrogens with one attached hydrogen (secondary N) is 1. The van der Waals surface area contributed by atoms with Crippen LogP contribution in [0, 0.1) is 0 Å². The maximum absolute atomic E-state index is 13.2. The zero-order valence-electron chi connectivity index (χ0n) is 18.5. The Morgan fingerprint density at radius 2 is 1.88 bits per heavy atom. The summed E-state index contributed by atoms with van der Waals surface area (Å²) in [5.41, 5.74) is 4.81. The first-order valence-corrected chi connectivity index (χ1v) is 11.5. The van der Waals surface area contributed by atoms with E-state index in [4.69, 9.17) is 14.3 Å². The minimum Gasteiger partial charge on any atom is -0.454 e.